The highest BCUT2D eigenvalue weighted by Gasteiger charge is 2.35. The Morgan fingerprint density at radius 3 is 1.33 bits per heavy atom. The standard InChI is InChI=1S/C20H38O/c1-7-13-15-17-19(9-3,10-4)21-20(11-5,12-6)18-16-14-8-2/h9,11H,3,5,7-8,10,12-18H2,1-2,4,6H3. The molecule has 0 saturated heterocycles. The van der Waals surface area contributed by atoms with Crippen molar-refractivity contribution in [2.45, 2.75) is 103 Å². The fourth-order valence-electron chi connectivity index (χ4n) is 2.93. The zero-order valence-electron chi connectivity index (χ0n) is 15.0. The average Bonchev–Trinajstić information content (AvgIpc) is 2.53. The first-order chi connectivity index (χ1) is 10.1. The summed E-state index contributed by atoms with van der Waals surface area (Å²) in [6, 6.07) is 0. The molecule has 0 amide bonds. The van der Waals surface area contributed by atoms with Crippen LogP contribution in [0.4, 0.5) is 0 Å². The van der Waals surface area contributed by atoms with E-state index in [0.29, 0.717) is 0 Å². The second-order valence-corrected chi connectivity index (χ2v) is 6.26. The van der Waals surface area contributed by atoms with Crippen molar-refractivity contribution < 1.29 is 4.74 Å². The van der Waals surface area contributed by atoms with Gasteiger partial charge in [-0.3, -0.25) is 0 Å². The molecular formula is C20H38O. The maximum atomic E-state index is 6.68. The Morgan fingerprint density at radius 1 is 0.714 bits per heavy atom. The first-order valence-corrected chi connectivity index (χ1v) is 9.04. The molecule has 0 aromatic carbocycles. The molecule has 2 atom stereocenters. The van der Waals surface area contributed by atoms with Crippen LogP contribution >= 0.6 is 0 Å². The number of unbranched alkanes of at least 4 members (excludes halogenated alkanes) is 4. The maximum Gasteiger partial charge on any atom is 0.0869 e. The van der Waals surface area contributed by atoms with Crippen LogP contribution in [0.15, 0.2) is 25.3 Å². The van der Waals surface area contributed by atoms with E-state index in [1.54, 1.807) is 0 Å². The van der Waals surface area contributed by atoms with Gasteiger partial charge < -0.3 is 4.74 Å². The molecular weight excluding hydrogens is 256 g/mol. The van der Waals surface area contributed by atoms with Gasteiger partial charge in [0.25, 0.3) is 0 Å². The molecule has 0 saturated carbocycles. The van der Waals surface area contributed by atoms with Gasteiger partial charge >= 0.3 is 0 Å². The molecule has 0 N–H and O–H groups in total. The molecule has 0 aliphatic rings. The number of hydrogen-bond acceptors (Lipinski definition) is 1. The van der Waals surface area contributed by atoms with E-state index in [1.807, 2.05) is 12.2 Å². The molecule has 0 aromatic rings. The molecule has 1 nitrogen and oxygen atoms in total. The van der Waals surface area contributed by atoms with Crippen molar-refractivity contribution in [2.75, 3.05) is 0 Å². The molecule has 0 fully saturated rings. The van der Waals surface area contributed by atoms with Gasteiger partial charge in [-0.25, -0.2) is 0 Å². The molecule has 0 bridgehead atoms. The summed E-state index contributed by atoms with van der Waals surface area (Å²) in [4.78, 5) is 0. The minimum atomic E-state index is -0.189. The van der Waals surface area contributed by atoms with Crippen molar-refractivity contribution in [3.8, 4) is 0 Å². The Bertz CT molecular complexity index is 256. The van der Waals surface area contributed by atoms with Crippen LogP contribution in [0.1, 0.15) is 91.9 Å². The minimum Gasteiger partial charge on any atom is -0.360 e. The SMILES string of the molecule is C=CC(CC)(CCCCC)OC(C=C)(CC)CCCCC. The van der Waals surface area contributed by atoms with Crippen LogP contribution in [-0.2, 0) is 4.74 Å². The third kappa shape index (κ3) is 6.82. The molecule has 124 valence electrons. The third-order valence-corrected chi connectivity index (χ3v) is 4.75. The van der Waals surface area contributed by atoms with Crippen molar-refractivity contribution in [1.29, 1.82) is 0 Å². The second kappa shape index (κ2) is 11.1. The lowest BCUT2D eigenvalue weighted by atomic mass is 9.88. The lowest BCUT2D eigenvalue weighted by Gasteiger charge is -2.41. The van der Waals surface area contributed by atoms with E-state index in [0.717, 1.165) is 25.7 Å². The quantitative estimate of drug-likeness (QED) is 0.252. The number of ether oxygens (including phenoxy) is 1. The molecule has 2 unspecified atom stereocenters. The van der Waals surface area contributed by atoms with E-state index in [9.17, 15) is 0 Å². The Balaban J connectivity index is 4.94. The van der Waals surface area contributed by atoms with Gasteiger partial charge in [0.05, 0.1) is 11.2 Å². The molecule has 0 spiro atoms. The average molecular weight is 295 g/mol. The fraction of sp³-hybridized carbons (Fsp3) is 0.800. The molecule has 0 aromatic heterocycles. The summed E-state index contributed by atoms with van der Waals surface area (Å²) in [6.45, 7) is 17.1. The third-order valence-electron chi connectivity index (χ3n) is 4.75. The van der Waals surface area contributed by atoms with Gasteiger partial charge in [0, 0.05) is 0 Å². The van der Waals surface area contributed by atoms with Crippen molar-refractivity contribution in [3.63, 3.8) is 0 Å². The highest BCUT2D eigenvalue weighted by molar-refractivity contribution is 5.04. The highest BCUT2D eigenvalue weighted by atomic mass is 16.5. The van der Waals surface area contributed by atoms with Crippen molar-refractivity contribution in [2.24, 2.45) is 0 Å². The Kier molecular flexibility index (Phi) is 10.8. The zero-order valence-corrected chi connectivity index (χ0v) is 15.0. The Labute approximate surface area is 133 Å². The van der Waals surface area contributed by atoms with Gasteiger partial charge in [-0.05, 0) is 25.7 Å². The van der Waals surface area contributed by atoms with Crippen LogP contribution in [0.25, 0.3) is 0 Å². The monoisotopic (exact) mass is 294 g/mol. The van der Waals surface area contributed by atoms with Crippen molar-refractivity contribution in [1.82, 2.24) is 0 Å². The largest absolute Gasteiger partial charge is 0.360 e. The predicted octanol–water partition coefficient (Wildman–Crippen LogP) is 6.83. The summed E-state index contributed by atoms with van der Waals surface area (Å²) >= 11 is 0. The van der Waals surface area contributed by atoms with Gasteiger partial charge in [-0.1, -0.05) is 78.4 Å². The van der Waals surface area contributed by atoms with Gasteiger partial charge in [-0.2, -0.15) is 0 Å². The van der Waals surface area contributed by atoms with Gasteiger partial charge in [0.2, 0.25) is 0 Å². The maximum absolute atomic E-state index is 6.68. The smallest absolute Gasteiger partial charge is 0.0869 e. The molecule has 0 aliphatic heterocycles. The van der Waals surface area contributed by atoms with Crippen LogP contribution in [0, 0.1) is 0 Å². The summed E-state index contributed by atoms with van der Waals surface area (Å²) in [5.74, 6) is 0. The molecule has 0 heterocycles. The minimum absolute atomic E-state index is 0.189. The molecule has 0 radical (unpaired) electrons. The van der Waals surface area contributed by atoms with E-state index in [2.05, 4.69) is 40.9 Å². The Hall–Kier alpha value is -0.560. The summed E-state index contributed by atoms with van der Waals surface area (Å²) in [5, 5.41) is 0. The van der Waals surface area contributed by atoms with E-state index < -0.39 is 0 Å². The van der Waals surface area contributed by atoms with Crippen LogP contribution < -0.4 is 0 Å². The summed E-state index contributed by atoms with van der Waals surface area (Å²) in [6.07, 6.45) is 15.6. The van der Waals surface area contributed by atoms with Gasteiger partial charge in [0.15, 0.2) is 0 Å². The zero-order chi connectivity index (χ0) is 16.2. The lowest BCUT2D eigenvalue weighted by molar-refractivity contribution is -0.120. The topological polar surface area (TPSA) is 9.23 Å². The van der Waals surface area contributed by atoms with Crippen LogP contribution in [0.2, 0.25) is 0 Å². The van der Waals surface area contributed by atoms with Crippen LogP contribution in [0.3, 0.4) is 0 Å². The first kappa shape index (κ1) is 20.4. The van der Waals surface area contributed by atoms with E-state index in [4.69, 9.17) is 4.74 Å². The molecule has 0 rings (SSSR count). The van der Waals surface area contributed by atoms with Gasteiger partial charge in [-0.15, -0.1) is 13.2 Å². The van der Waals surface area contributed by atoms with Crippen molar-refractivity contribution in [3.05, 3.63) is 25.3 Å². The summed E-state index contributed by atoms with van der Waals surface area (Å²) < 4.78 is 6.68. The van der Waals surface area contributed by atoms with Crippen LogP contribution in [-0.4, -0.2) is 11.2 Å². The van der Waals surface area contributed by atoms with E-state index >= 15 is 0 Å². The number of rotatable bonds is 14. The van der Waals surface area contributed by atoms with E-state index in [1.165, 1.54) is 38.5 Å². The summed E-state index contributed by atoms with van der Waals surface area (Å²) in [7, 11) is 0. The lowest BCUT2D eigenvalue weighted by Crippen LogP contribution is -2.42. The summed E-state index contributed by atoms with van der Waals surface area (Å²) in [5.41, 5.74) is -0.378. The molecule has 0 aliphatic carbocycles. The highest BCUT2D eigenvalue weighted by Crippen LogP contribution is 2.36. The van der Waals surface area contributed by atoms with Crippen molar-refractivity contribution >= 4 is 0 Å². The first-order valence-electron chi connectivity index (χ1n) is 9.04. The predicted molar refractivity (Wildman–Crippen MR) is 95.8 cm³/mol. The van der Waals surface area contributed by atoms with Gasteiger partial charge in [0.1, 0.15) is 0 Å². The fourth-order valence-corrected chi connectivity index (χ4v) is 2.93. The van der Waals surface area contributed by atoms with E-state index in [-0.39, 0.29) is 11.2 Å². The number of hydrogen-bond donors (Lipinski definition) is 0. The second-order valence-electron chi connectivity index (χ2n) is 6.26. The Morgan fingerprint density at radius 2 is 1.10 bits per heavy atom. The van der Waals surface area contributed by atoms with Crippen LogP contribution in [0.5, 0.6) is 0 Å². The normalized spacial score (nSPS) is 17.0. The molecule has 1 heteroatoms. The molecule has 21 heavy (non-hydrogen) atoms.